The van der Waals surface area contributed by atoms with Crippen LogP contribution >= 0.6 is 0 Å². The Morgan fingerprint density at radius 3 is 2.76 bits per heavy atom. The highest BCUT2D eigenvalue weighted by atomic mass is 32.2. The van der Waals surface area contributed by atoms with Crippen molar-refractivity contribution in [3.05, 3.63) is 29.3 Å². The predicted molar refractivity (Wildman–Crippen MR) is 88.3 cm³/mol. The maximum absolute atomic E-state index is 12.4. The van der Waals surface area contributed by atoms with Gasteiger partial charge in [0.25, 0.3) is 0 Å². The summed E-state index contributed by atoms with van der Waals surface area (Å²) in [6.07, 6.45) is 2.51. The van der Waals surface area contributed by atoms with Crippen molar-refractivity contribution in [3.63, 3.8) is 0 Å². The molecule has 1 unspecified atom stereocenters. The number of nitrogens with zero attached hydrogens (tertiary/aromatic N) is 1. The fourth-order valence-electron chi connectivity index (χ4n) is 2.93. The number of sulfonamides is 1. The molecule has 0 saturated carbocycles. The van der Waals surface area contributed by atoms with Crippen LogP contribution in [0.25, 0.3) is 0 Å². The number of benzene rings is 1. The molecule has 1 aliphatic rings. The van der Waals surface area contributed by atoms with E-state index in [0.717, 1.165) is 30.6 Å². The van der Waals surface area contributed by atoms with Crippen LogP contribution in [-0.4, -0.2) is 27.3 Å². The van der Waals surface area contributed by atoms with E-state index in [1.54, 1.807) is 4.31 Å². The molecule has 4 nitrogen and oxygen atoms in total. The van der Waals surface area contributed by atoms with Crippen molar-refractivity contribution in [1.82, 2.24) is 5.32 Å². The van der Waals surface area contributed by atoms with E-state index in [1.165, 1.54) is 5.56 Å². The van der Waals surface area contributed by atoms with Gasteiger partial charge in [0.15, 0.2) is 0 Å². The fraction of sp³-hybridized carbons (Fsp3) is 0.625. The predicted octanol–water partition coefficient (Wildman–Crippen LogP) is 2.85. The second kappa shape index (κ2) is 6.79. The number of rotatable bonds is 6. The van der Waals surface area contributed by atoms with Gasteiger partial charge in [-0.3, -0.25) is 4.31 Å². The molecule has 0 amide bonds. The molecule has 1 aromatic carbocycles. The number of fused-ring (bicyclic) bond motifs is 1. The van der Waals surface area contributed by atoms with Crippen LogP contribution in [0.2, 0.25) is 0 Å². The molecule has 5 heteroatoms. The normalized spacial score (nSPS) is 16.6. The molecule has 1 N–H and O–H groups in total. The molecule has 0 radical (unpaired) electrons. The lowest BCUT2D eigenvalue weighted by Crippen LogP contribution is -2.37. The Bertz CT molecular complexity index is 584. The first-order chi connectivity index (χ1) is 9.99. The highest BCUT2D eigenvalue weighted by molar-refractivity contribution is 7.92. The summed E-state index contributed by atoms with van der Waals surface area (Å²) in [4.78, 5) is 0. The molecular formula is C16H26N2O2S. The number of hydrogen-bond acceptors (Lipinski definition) is 3. The third-order valence-corrected chi connectivity index (χ3v) is 5.96. The molecule has 0 spiro atoms. The maximum atomic E-state index is 12.4. The molecule has 0 aromatic heterocycles. The average Bonchev–Trinajstić information content (AvgIpc) is 2.46. The van der Waals surface area contributed by atoms with Crippen LogP contribution in [0.5, 0.6) is 0 Å². The summed E-state index contributed by atoms with van der Waals surface area (Å²) in [6.45, 7) is 7.67. The van der Waals surface area contributed by atoms with E-state index < -0.39 is 10.0 Å². The molecule has 1 atom stereocenters. The van der Waals surface area contributed by atoms with Gasteiger partial charge in [-0.05, 0) is 49.9 Å². The van der Waals surface area contributed by atoms with E-state index in [9.17, 15) is 8.42 Å². The van der Waals surface area contributed by atoms with Crippen LogP contribution in [0.15, 0.2) is 18.2 Å². The SMILES string of the molecule is CCCS(=O)(=O)N1CCCc2cc(C(C)NCC)ccc21. The summed E-state index contributed by atoms with van der Waals surface area (Å²) < 4.78 is 26.4. The second-order valence-electron chi connectivity index (χ2n) is 5.66. The van der Waals surface area contributed by atoms with Crippen LogP contribution in [0.3, 0.4) is 0 Å². The highest BCUT2D eigenvalue weighted by Crippen LogP contribution is 2.31. The van der Waals surface area contributed by atoms with Crippen molar-refractivity contribution < 1.29 is 8.42 Å². The van der Waals surface area contributed by atoms with Crippen molar-refractivity contribution in [2.45, 2.75) is 46.1 Å². The van der Waals surface area contributed by atoms with E-state index >= 15 is 0 Å². The van der Waals surface area contributed by atoms with Crippen LogP contribution in [0.4, 0.5) is 5.69 Å². The van der Waals surface area contributed by atoms with Gasteiger partial charge >= 0.3 is 0 Å². The number of nitrogens with one attached hydrogen (secondary N) is 1. The summed E-state index contributed by atoms with van der Waals surface area (Å²) in [7, 11) is -3.17. The molecule has 1 aromatic rings. The smallest absolute Gasteiger partial charge is 0.235 e. The zero-order chi connectivity index (χ0) is 15.5. The molecule has 0 bridgehead atoms. The summed E-state index contributed by atoms with van der Waals surface area (Å²) in [5, 5.41) is 3.40. The van der Waals surface area contributed by atoms with Gasteiger partial charge in [-0.15, -0.1) is 0 Å². The molecule has 1 aliphatic heterocycles. The Kier molecular flexibility index (Phi) is 5.27. The summed E-state index contributed by atoms with van der Waals surface area (Å²) in [6, 6.07) is 6.48. The van der Waals surface area contributed by atoms with Crippen LogP contribution in [-0.2, 0) is 16.4 Å². The van der Waals surface area contributed by atoms with Gasteiger partial charge < -0.3 is 5.32 Å². The van der Waals surface area contributed by atoms with Crippen molar-refractivity contribution in [2.24, 2.45) is 0 Å². The minimum Gasteiger partial charge on any atom is -0.310 e. The van der Waals surface area contributed by atoms with E-state index in [2.05, 4.69) is 25.2 Å². The largest absolute Gasteiger partial charge is 0.310 e. The molecule has 2 rings (SSSR count). The standard InChI is InChI=1S/C16H26N2O2S/c1-4-11-21(19,20)18-10-6-7-15-12-14(8-9-16(15)18)13(3)17-5-2/h8-9,12-13,17H,4-7,10-11H2,1-3H3. The van der Waals surface area contributed by atoms with E-state index in [0.29, 0.717) is 19.0 Å². The number of aryl methyl sites for hydroxylation is 1. The Morgan fingerprint density at radius 2 is 2.10 bits per heavy atom. The first kappa shape index (κ1) is 16.3. The van der Waals surface area contributed by atoms with Gasteiger partial charge in [0.1, 0.15) is 0 Å². The first-order valence-corrected chi connectivity index (χ1v) is 9.47. The average molecular weight is 310 g/mol. The van der Waals surface area contributed by atoms with Gasteiger partial charge in [0.05, 0.1) is 11.4 Å². The summed E-state index contributed by atoms with van der Waals surface area (Å²) >= 11 is 0. The van der Waals surface area contributed by atoms with Crippen molar-refractivity contribution in [3.8, 4) is 0 Å². The van der Waals surface area contributed by atoms with Gasteiger partial charge in [0.2, 0.25) is 10.0 Å². The van der Waals surface area contributed by atoms with Crippen LogP contribution < -0.4 is 9.62 Å². The van der Waals surface area contributed by atoms with Crippen molar-refractivity contribution in [1.29, 1.82) is 0 Å². The minimum atomic E-state index is -3.17. The monoisotopic (exact) mass is 310 g/mol. The molecule has 1 heterocycles. The Hall–Kier alpha value is -1.07. The second-order valence-corrected chi connectivity index (χ2v) is 7.67. The highest BCUT2D eigenvalue weighted by Gasteiger charge is 2.27. The van der Waals surface area contributed by atoms with E-state index in [-0.39, 0.29) is 5.75 Å². The topological polar surface area (TPSA) is 49.4 Å². The van der Waals surface area contributed by atoms with Crippen molar-refractivity contribution >= 4 is 15.7 Å². The fourth-order valence-corrected chi connectivity index (χ4v) is 4.55. The lowest BCUT2D eigenvalue weighted by molar-refractivity contribution is 0.584. The van der Waals surface area contributed by atoms with Crippen LogP contribution in [0.1, 0.15) is 50.8 Å². The van der Waals surface area contributed by atoms with Crippen LogP contribution in [0, 0.1) is 0 Å². The third kappa shape index (κ3) is 3.58. The lowest BCUT2D eigenvalue weighted by atomic mass is 9.98. The first-order valence-electron chi connectivity index (χ1n) is 7.86. The quantitative estimate of drug-likeness (QED) is 0.879. The Labute approximate surface area is 128 Å². The molecule has 0 fully saturated rings. The molecule has 21 heavy (non-hydrogen) atoms. The Morgan fingerprint density at radius 1 is 1.33 bits per heavy atom. The zero-order valence-electron chi connectivity index (χ0n) is 13.2. The van der Waals surface area contributed by atoms with Gasteiger partial charge in [0, 0.05) is 12.6 Å². The number of hydrogen-bond donors (Lipinski definition) is 1. The summed E-state index contributed by atoms with van der Waals surface area (Å²) in [5.74, 6) is 0.224. The molecule has 118 valence electrons. The zero-order valence-corrected chi connectivity index (χ0v) is 14.0. The van der Waals surface area contributed by atoms with Crippen molar-refractivity contribution in [2.75, 3.05) is 23.1 Å². The van der Waals surface area contributed by atoms with E-state index in [1.807, 2.05) is 19.1 Å². The minimum absolute atomic E-state index is 0.224. The summed E-state index contributed by atoms with van der Waals surface area (Å²) in [5.41, 5.74) is 3.26. The maximum Gasteiger partial charge on any atom is 0.235 e. The molecule has 0 saturated heterocycles. The molecule has 0 aliphatic carbocycles. The Balaban J connectivity index is 2.33. The van der Waals surface area contributed by atoms with Gasteiger partial charge in [-0.1, -0.05) is 26.0 Å². The third-order valence-electron chi connectivity index (χ3n) is 3.99. The molecular weight excluding hydrogens is 284 g/mol. The van der Waals surface area contributed by atoms with Gasteiger partial charge in [-0.25, -0.2) is 8.42 Å². The van der Waals surface area contributed by atoms with E-state index in [4.69, 9.17) is 0 Å². The number of anilines is 1. The van der Waals surface area contributed by atoms with Gasteiger partial charge in [-0.2, -0.15) is 0 Å². The lowest BCUT2D eigenvalue weighted by Gasteiger charge is -2.31.